The Labute approximate surface area is 184 Å². The zero-order chi connectivity index (χ0) is 22.4. The Hall–Kier alpha value is -3.33. The molecule has 1 amide bonds. The van der Waals surface area contributed by atoms with Gasteiger partial charge in [0.1, 0.15) is 23.8 Å². The fourth-order valence-electron chi connectivity index (χ4n) is 2.98. The molecule has 9 heteroatoms. The SMILES string of the molecule is COC(=O)CN(Cc1cc(OC)cc(OC)c1)C(=O)Cc1nc(-c2cccs2)oc1C. The van der Waals surface area contributed by atoms with Crippen molar-refractivity contribution in [2.45, 2.75) is 19.9 Å². The van der Waals surface area contributed by atoms with Crippen LogP contribution in [0.3, 0.4) is 0 Å². The van der Waals surface area contributed by atoms with Crippen LogP contribution in [0.1, 0.15) is 17.0 Å². The number of rotatable bonds is 9. The van der Waals surface area contributed by atoms with Crippen LogP contribution in [-0.4, -0.2) is 49.6 Å². The van der Waals surface area contributed by atoms with Crippen LogP contribution in [0.2, 0.25) is 0 Å². The lowest BCUT2D eigenvalue weighted by atomic mass is 10.1. The molecule has 0 spiro atoms. The van der Waals surface area contributed by atoms with Crippen LogP contribution >= 0.6 is 11.3 Å². The largest absolute Gasteiger partial charge is 0.497 e. The Kier molecular flexibility index (Phi) is 7.30. The Morgan fingerprint density at radius 2 is 1.84 bits per heavy atom. The van der Waals surface area contributed by atoms with Gasteiger partial charge in [-0.1, -0.05) is 6.07 Å². The van der Waals surface area contributed by atoms with Crippen LogP contribution in [0.4, 0.5) is 0 Å². The summed E-state index contributed by atoms with van der Waals surface area (Å²) in [6.45, 7) is 1.75. The molecule has 8 nitrogen and oxygen atoms in total. The van der Waals surface area contributed by atoms with E-state index in [4.69, 9.17) is 18.6 Å². The molecule has 3 aromatic rings. The third-order valence-electron chi connectivity index (χ3n) is 4.63. The Morgan fingerprint density at radius 1 is 1.13 bits per heavy atom. The van der Waals surface area contributed by atoms with Gasteiger partial charge in [0.05, 0.1) is 38.3 Å². The number of hydrogen-bond donors (Lipinski definition) is 0. The fourth-order valence-corrected chi connectivity index (χ4v) is 3.63. The summed E-state index contributed by atoms with van der Waals surface area (Å²) in [6, 6.07) is 9.12. The van der Waals surface area contributed by atoms with E-state index >= 15 is 0 Å². The van der Waals surface area contributed by atoms with Gasteiger partial charge in [-0.3, -0.25) is 9.59 Å². The van der Waals surface area contributed by atoms with E-state index < -0.39 is 5.97 Å². The number of methoxy groups -OCH3 is 3. The van der Waals surface area contributed by atoms with E-state index in [0.29, 0.717) is 28.8 Å². The zero-order valence-corrected chi connectivity index (χ0v) is 18.7. The van der Waals surface area contributed by atoms with Crippen molar-refractivity contribution in [2.75, 3.05) is 27.9 Å². The number of amides is 1. The number of aryl methyl sites for hydroxylation is 1. The highest BCUT2D eigenvalue weighted by Gasteiger charge is 2.22. The number of oxazole rings is 1. The standard InChI is InChI=1S/C22H24N2O6S/c1-14-18(23-22(30-14)19-6-5-7-31-19)11-20(25)24(13-21(26)29-4)12-15-8-16(27-2)10-17(9-15)28-3/h5-10H,11-13H2,1-4H3. The molecule has 0 unspecified atom stereocenters. The summed E-state index contributed by atoms with van der Waals surface area (Å²) in [5, 5.41) is 1.93. The van der Waals surface area contributed by atoms with E-state index in [1.807, 2.05) is 17.5 Å². The maximum Gasteiger partial charge on any atom is 0.325 e. The summed E-state index contributed by atoms with van der Waals surface area (Å²) in [5.74, 6) is 1.44. The number of ether oxygens (including phenoxy) is 3. The predicted molar refractivity (Wildman–Crippen MR) is 115 cm³/mol. The van der Waals surface area contributed by atoms with E-state index in [-0.39, 0.29) is 25.4 Å². The highest BCUT2D eigenvalue weighted by atomic mass is 32.1. The number of nitrogens with zero attached hydrogens (tertiary/aromatic N) is 2. The minimum absolute atomic E-state index is 0.00118. The smallest absolute Gasteiger partial charge is 0.325 e. The van der Waals surface area contributed by atoms with Gasteiger partial charge in [-0.2, -0.15) is 0 Å². The van der Waals surface area contributed by atoms with Crippen LogP contribution < -0.4 is 9.47 Å². The summed E-state index contributed by atoms with van der Waals surface area (Å²) in [7, 11) is 4.39. The van der Waals surface area contributed by atoms with Gasteiger partial charge in [0, 0.05) is 12.6 Å². The van der Waals surface area contributed by atoms with Gasteiger partial charge >= 0.3 is 5.97 Å². The number of carbonyl (C=O) groups excluding carboxylic acids is 2. The number of benzene rings is 1. The molecule has 1 aromatic carbocycles. The first kappa shape index (κ1) is 22.4. The minimum Gasteiger partial charge on any atom is -0.497 e. The van der Waals surface area contributed by atoms with Gasteiger partial charge in [-0.25, -0.2) is 4.98 Å². The van der Waals surface area contributed by atoms with Gasteiger partial charge < -0.3 is 23.5 Å². The van der Waals surface area contributed by atoms with Crippen LogP contribution in [0, 0.1) is 6.92 Å². The van der Waals surface area contributed by atoms with Crippen molar-refractivity contribution in [3.63, 3.8) is 0 Å². The van der Waals surface area contributed by atoms with E-state index in [2.05, 4.69) is 4.98 Å². The summed E-state index contributed by atoms with van der Waals surface area (Å²) in [4.78, 5) is 31.8. The Morgan fingerprint density at radius 3 is 2.42 bits per heavy atom. The van der Waals surface area contributed by atoms with E-state index in [1.165, 1.54) is 23.3 Å². The molecule has 164 valence electrons. The molecular weight excluding hydrogens is 420 g/mol. The second-order valence-electron chi connectivity index (χ2n) is 6.72. The van der Waals surface area contributed by atoms with Gasteiger partial charge in [0.15, 0.2) is 0 Å². The molecule has 0 aliphatic rings. The molecule has 0 saturated heterocycles. The summed E-state index contributed by atoms with van der Waals surface area (Å²) < 4.78 is 21.1. The predicted octanol–water partition coefficient (Wildman–Crippen LogP) is 3.47. The van der Waals surface area contributed by atoms with Crippen LogP contribution in [-0.2, 0) is 27.3 Å². The highest BCUT2D eigenvalue weighted by Crippen LogP contribution is 2.27. The van der Waals surface area contributed by atoms with E-state index in [9.17, 15) is 9.59 Å². The average molecular weight is 445 g/mol. The van der Waals surface area contributed by atoms with Crippen molar-refractivity contribution in [3.8, 4) is 22.3 Å². The fraction of sp³-hybridized carbons (Fsp3) is 0.318. The lowest BCUT2D eigenvalue weighted by Crippen LogP contribution is -2.37. The van der Waals surface area contributed by atoms with Crippen molar-refractivity contribution in [1.82, 2.24) is 9.88 Å². The van der Waals surface area contributed by atoms with E-state index in [1.54, 1.807) is 39.3 Å². The number of esters is 1. The quantitative estimate of drug-likeness (QED) is 0.467. The van der Waals surface area contributed by atoms with Gasteiger partial charge in [-0.05, 0) is 36.1 Å². The van der Waals surface area contributed by atoms with Crippen LogP contribution in [0.5, 0.6) is 11.5 Å². The average Bonchev–Trinajstić information content (AvgIpc) is 3.43. The molecule has 0 bridgehead atoms. The topological polar surface area (TPSA) is 91.1 Å². The molecule has 0 fully saturated rings. The maximum absolute atomic E-state index is 13.1. The summed E-state index contributed by atoms with van der Waals surface area (Å²) in [5.41, 5.74) is 1.29. The lowest BCUT2D eigenvalue weighted by molar-refractivity contribution is -0.147. The second kappa shape index (κ2) is 10.1. The second-order valence-corrected chi connectivity index (χ2v) is 7.67. The number of carbonyl (C=O) groups is 2. The monoisotopic (exact) mass is 444 g/mol. The number of aromatic nitrogens is 1. The molecule has 0 radical (unpaired) electrons. The zero-order valence-electron chi connectivity index (χ0n) is 17.8. The molecule has 31 heavy (non-hydrogen) atoms. The van der Waals surface area contributed by atoms with Crippen molar-refractivity contribution >= 4 is 23.2 Å². The molecular formula is C22H24N2O6S. The molecule has 0 aliphatic carbocycles. The minimum atomic E-state index is -0.514. The molecule has 2 aromatic heterocycles. The molecule has 2 heterocycles. The summed E-state index contributed by atoms with van der Waals surface area (Å²) >= 11 is 1.51. The van der Waals surface area contributed by atoms with Crippen molar-refractivity contribution in [1.29, 1.82) is 0 Å². The normalized spacial score (nSPS) is 10.6. The summed E-state index contributed by atoms with van der Waals surface area (Å²) in [6.07, 6.45) is -0.00118. The third-order valence-corrected chi connectivity index (χ3v) is 5.49. The Balaban J connectivity index is 1.82. The third kappa shape index (κ3) is 5.64. The highest BCUT2D eigenvalue weighted by molar-refractivity contribution is 7.13. The molecule has 0 aliphatic heterocycles. The first-order valence-corrected chi connectivity index (χ1v) is 10.4. The van der Waals surface area contributed by atoms with E-state index in [0.717, 1.165) is 10.4 Å². The molecule has 0 atom stereocenters. The van der Waals surface area contributed by atoms with Crippen molar-refractivity contribution in [2.24, 2.45) is 0 Å². The Bertz CT molecular complexity index is 1020. The maximum atomic E-state index is 13.1. The molecule has 3 rings (SSSR count). The van der Waals surface area contributed by atoms with Gasteiger partial charge in [0.2, 0.25) is 11.8 Å². The number of hydrogen-bond acceptors (Lipinski definition) is 8. The first-order valence-electron chi connectivity index (χ1n) is 9.50. The van der Waals surface area contributed by atoms with Crippen molar-refractivity contribution < 1.29 is 28.2 Å². The van der Waals surface area contributed by atoms with Gasteiger partial charge in [-0.15, -0.1) is 11.3 Å². The van der Waals surface area contributed by atoms with Crippen LogP contribution in [0.15, 0.2) is 40.1 Å². The van der Waals surface area contributed by atoms with Crippen molar-refractivity contribution in [3.05, 3.63) is 52.7 Å². The first-order chi connectivity index (χ1) is 14.9. The number of thiophene rings is 1. The molecule has 0 N–H and O–H groups in total. The van der Waals surface area contributed by atoms with Crippen LogP contribution in [0.25, 0.3) is 10.8 Å². The lowest BCUT2D eigenvalue weighted by Gasteiger charge is -2.22. The molecule has 0 saturated carbocycles. The van der Waals surface area contributed by atoms with Gasteiger partial charge in [0.25, 0.3) is 0 Å².